The van der Waals surface area contributed by atoms with Crippen LogP contribution in [0.3, 0.4) is 0 Å². The quantitative estimate of drug-likeness (QED) is 0.799. The van der Waals surface area contributed by atoms with Crippen LogP contribution in [0.25, 0.3) is 0 Å². The first-order chi connectivity index (χ1) is 11.7. The zero-order valence-corrected chi connectivity index (χ0v) is 14.7. The Morgan fingerprint density at radius 3 is 2.38 bits per heavy atom. The van der Waals surface area contributed by atoms with Crippen LogP contribution in [0.1, 0.15) is 35.3 Å². The number of anilines is 1. The number of hydrogen-bond donors (Lipinski definition) is 1. The summed E-state index contributed by atoms with van der Waals surface area (Å²) >= 11 is 0. The average molecular weight is 326 g/mol. The molecule has 0 spiro atoms. The largest absolute Gasteiger partial charge is 0.380 e. The van der Waals surface area contributed by atoms with Gasteiger partial charge >= 0.3 is 0 Å². The molecule has 0 aromatic heterocycles. The van der Waals surface area contributed by atoms with Crippen molar-refractivity contribution in [2.75, 3.05) is 25.5 Å². The number of benzene rings is 2. The van der Waals surface area contributed by atoms with Crippen LogP contribution in [0.5, 0.6) is 0 Å². The smallest absolute Gasteiger partial charge is 0.255 e. The van der Waals surface area contributed by atoms with E-state index in [1.807, 2.05) is 42.5 Å². The van der Waals surface area contributed by atoms with Gasteiger partial charge in [0.25, 0.3) is 5.91 Å². The van der Waals surface area contributed by atoms with E-state index in [0.29, 0.717) is 12.2 Å². The van der Waals surface area contributed by atoms with Gasteiger partial charge in [0, 0.05) is 24.9 Å². The van der Waals surface area contributed by atoms with Crippen LogP contribution in [-0.4, -0.2) is 31.0 Å². The van der Waals surface area contributed by atoms with E-state index in [2.05, 4.69) is 30.1 Å². The van der Waals surface area contributed by atoms with Crippen LogP contribution in [-0.2, 0) is 17.9 Å². The second kappa shape index (κ2) is 9.21. The monoisotopic (exact) mass is 326 g/mol. The second-order valence-electron chi connectivity index (χ2n) is 5.75. The Hall–Kier alpha value is -2.17. The zero-order valence-electron chi connectivity index (χ0n) is 14.7. The Morgan fingerprint density at radius 1 is 1.04 bits per heavy atom. The molecule has 24 heavy (non-hydrogen) atoms. The molecular formula is C20H26N2O2. The van der Waals surface area contributed by atoms with Crippen molar-refractivity contribution in [3.05, 3.63) is 65.2 Å². The first-order valence-electron chi connectivity index (χ1n) is 8.36. The van der Waals surface area contributed by atoms with E-state index in [9.17, 15) is 4.79 Å². The predicted molar refractivity (Wildman–Crippen MR) is 98.2 cm³/mol. The van der Waals surface area contributed by atoms with E-state index >= 15 is 0 Å². The molecule has 128 valence electrons. The number of carbonyl (C=O) groups is 1. The van der Waals surface area contributed by atoms with Gasteiger partial charge in [0.15, 0.2) is 0 Å². The fraction of sp³-hybridized carbons (Fsp3) is 0.350. The summed E-state index contributed by atoms with van der Waals surface area (Å²) in [5.74, 6) is -0.0982. The molecule has 0 atom stereocenters. The van der Waals surface area contributed by atoms with Crippen LogP contribution in [0.15, 0.2) is 48.5 Å². The third kappa shape index (κ3) is 5.18. The van der Waals surface area contributed by atoms with Crippen molar-refractivity contribution < 1.29 is 9.53 Å². The molecule has 2 aromatic carbocycles. The summed E-state index contributed by atoms with van der Waals surface area (Å²) in [6.07, 6.45) is 0. The first-order valence-corrected chi connectivity index (χ1v) is 8.36. The van der Waals surface area contributed by atoms with Gasteiger partial charge in [-0.15, -0.1) is 0 Å². The van der Waals surface area contributed by atoms with Crippen molar-refractivity contribution in [1.82, 2.24) is 4.90 Å². The van der Waals surface area contributed by atoms with Crippen LogP contribution < -0.4 is 5.32 Å². The lowest BCUT2D eigenvalue weighted by atomic mass is 10.1. The molecule has 0 saturated heterocycles. The maximum Gasteiger partial charge on any atom is 0.255 e. The van der Waals surface area contributed by atoms with Crippen molar-refractivity contribution in [1.29, 1.82) is 0 Å². The number of nitrogens with zero attached hydrogens (tertiary/aromatic N) is 1. The molecule has 0 aliphatic heterocycles. The second-order valence-corrected chi connectivity index (χ2v) is 5.75. The molecule has 2 aromatic rings. The Kier molecular flexibility index (Phi) is 6.97. The molecule has 1 N–H and O–H groups in total. The lowest BCUT2D eigenvalue weighted by Crippen LogP contribution is -2.22. The number of rotatable bonds is 8. The highest BCUT2D eigenvalue weighted by atomic mass is 16.5. The van der Waals surface area contributed by atoms with Gasteiger partial charge in [-0.1, -0.05) is 38.1 Å². The first kappa shape index (κ1) is 18.2. The van der Waals surface area contributed by atoms with Gasteiger partial charge in [-0.2, -0.15) is 0 Å². The summed E-state index contributed by atoms with van der Waals surface area (Å²) in [6, 6.07) is 15.5. The average Bonchev–Trinajstić information content (AvgIpc) is 2.61. The summed E-state index contributed by atoms with van der Waals surface area (Å²) in [7, 11) is 1.66. The van der Waals surface area contributed by atoms with E-state index < -0.39 is 0 Å². The summed E-state index contributed by atoms with van der Waals surface area (Å²) < 4.78 is 5.08. The Labute approximate surface area is 144 Å². The number of nitrogens with one attached hydrogen (secondary N) is 1. The molecule has 0 bridgehead atoms. The SMILES string of the molecule is CCN(CC)Cc1cccc(NC(=O)c2ccc(COC)cc2)c1. The molecule has 0 radical (unpaired) electrons. The Balaban J connectivity index is 2.03. The fourth-order valence-electron chi connectivity index (χ4n) is 2.58. The van der Waals surface area contributed by atoms with Crippen molar-refractivity contribution >= 4 is 11.6 Å². The van der Waals surface area contributed by atoms with Crippen molar-refractivity contribution in [2.24, 2.45) is 0 Å². The molecule has 0 fully saturated rings. The Morgan fingerprint density at radius 2 is 1.75 bits per heavy atom. The van der Waals surface area contributed by atoms with Gasteiger partial charge in [-0.05, 0) is 48.5 Å². The number of methoxy groups -OCH3 is 1. The molecule has 4 heteroatoms. The van der Waals surface area contributed by atoms with E-state index in [-0.39, 0.29) is 5.91 Å². The van der Waals surface area contributed by atoms with Crippen molar-refractivity contribution in [3.8, 4) is 0 Å². The number of amides is 1. The fourth-order valence-corrected chi connectivity index (χ4v) is 2.58. The molecule has 0 heterocycles. The van der Waals surface area contributed by atoms with Crippen molar-refractivity contribution in [2.45, 2.75) is 27.0 Å². The van der Waals surface area contributed by atoms with Gasteiger partial charge in [0.2, 0.25) is 0 Å². The van der Waals surface area contributed by atoms with Gasteiger partial charge < -0.3 is 10.1 Å². The summed E-state index contributed by atoms with van der Waals surface area (Å²) in [5.41, 5.74) is 3.72. The molecule has 4 nitrogen and oxygen atoms in total. The van der Waals surface area contributed by atoms with Crippen molar-refractivity contribution in [3.63, 3.8) is 0 Å². The highest BCUT2D eigenvalue weighted by Crippen LogP contribution is 2.14. The van der Waals surface area contributed by atoms with Gasteiger partial charge in [-0.25, -0.2) is 0 Å². The van der Waals surface area contributed by atoms with E-state index in [0.717, 1.165) is 30.9 Å². The number of carbonyl (C=O) groups excluding carboxylic acids is 1. The maximum atomic E-state index is 12.4. The van der Waals surface area contributed by atoms with Gasteiger partial charge in [-0.3, -0.25) is 9.69 Å². The minimum absolute atomic E-state index is 0.0982. The lowest BCUT2D eigenvalue weighted by Gasteiger charge is -2.18. The maximum absolute atomic E-state index is 12.4. The Bertz CT molecular complexity index is 649. The third-order valence-electron chi connectivity index (χ3n) is 4.01. The molecular weight excluding hydrogens is 300 g/mol. The minimum atomic E-state index is -0.0982. The van der Waals surface area contributed by atoms with Crippen LogP contribution in [0, 0.1) is 0 Å². The number of hydrogen-bond acceptors (Lipinski definition) is 3. The summed E-state index contributed by atoms with van der Waals surface area (Å²) in [5, 5.41) is 2.97. The molecule has 0 unspecified atom stereocenters. The predicted octanol–water partition coefficient (Wildman–Crippen LogP) is 3.93. The van der Waals surface area contributed by atoms with E-state index in [1.165, 1.54) is 5.56 Å². The van der Waals surface area contributed by atoms with Gasteiger partial charge in [0.1, 0.15) is 0 Å². The van der Waals surface area contributed by atoms with E-state index in [4.69, 9.17) is 4.74 Å². The highest BCUT2D eigenvalue weighted by Gasteiger charge is 2.07. The normalized spacial score (nSPS) is 10.8. The van der Waals surface area contributed by atoms with Crippen LogP contribution in [0.2, 0.25) is 0 Å². The number of ether oxygens (including phenoxy) is 1. The molecule has 2 rings (SSSR count). The van der Waals surface area contributed by atoms with E-state index in [1.54, 1.807) is 7.11 Å². The molecule has 0 saturated carbocycles. The summed E-state index contributed by atoms with van der Waals surface area (Å²) in [4.78, 5) is 14.7. The standard InChI is InChI=1S/C20H26N2O2/c1-4-22(5-2)14-17-7-6-8-19(13-17)21-20(23)18-11-9-16(10-12-18)15-24-3/h6-13H,4-5,14-15H2,1-3H3,(H,21,23). The topological polar surface area (TPSA) is 41.6 Å². The summed E-state index contributed by atoms with van der Waals surface area (Å²) in [6.45, 7) is 7.78. The van der Waals surface area contributed by atoms with Crippen LogP contribution in [0.4, 0.5) is 5.69 Å². The lowest BCUT2D eigenvalue weighted by molar-refractivity contribution is 0.102. The van der Waals surface area contributed by atoms with Gasteiger partial charge in [0.05, 0.1) is 6.61 Å². The zero-order chi connectivity index (χ0) is 17.4. The van der Waals surface area contributed by atoms with Crippen LogP contribution >= 0.6 is 0 Å². The third-order valence-corrected chi connectivity index (χ3v) is 4.01. The highest BCUT2D eigenvalue weighted by molar-refractivity contribution is 6.04. The molecule has 1 amide bonds. The minimum Gasteiger partial charge on any atom is -0.380 e. The molecule has 0 aliphatic rings. The molecule has 0 aliphatic carbocycles.